The van der Waals surface area contributed by atoms with Crippen molar-refractivity contribution < 1.29 is 9.53 Å². The van der Waals surface area contributed by atoms with E-state index in [-0.39, 0.29) is 0 Å². The van der Waals surface area contributed by atoms with Gasteiger partial charge in [-0.2, -0.15) is 0 Å². The lowest BCUT2D eigenvalue weighted by atomic mass is 10.2. The van der Waals surface area contributed by atoms with Crippen LogP contribution in [0.5, 0.6) is 0 Å². The Morgan fingerprint density at radius 1 is 1.38 bits per heavy atom. The fourth-order valence-corrected chi connectivity index (χ4v) is 0.960. The Morgan fingerprint density at radius 2 is 2.06 bits per heavy atom. The van der Waals surface area contributed by atoms with Crippen LogP contribution < -0.4 is 0 Å². The van der Waals surface area contributed by atoms with Crippen molar-refractivity contribution in [1.29, 1.82) is 0 Å². The number of nitrogens with zero attached hydrogens (tertiary/aromatic N) is 1. The van der Waals surface area contributed by atoms with Gasteiger partial charge in [-0.25, -0.2) is 9.78 Å². The molecule has 0 N–H and O–H groups in total. The van der Waals surface area contributed by atoms with Crippen LogP contribution in [0.2, 0.25) is 0 Å². The molecule has 0 aliphatic heterocycles. The minimum Gasteiger partial charge on any atom is -0.450 e. The molecule has 0 spiro atoms. The first-order valence-electron chi connectivity index (χ1n) is 5.04. The fraction of sp³-hybridized carbons (Fsp3) is 0.385. The molecule has 0 saturated heterocycles. The van der Waals surface area contributed by atoms with E-state index < -0.39 is 11.6 Å². The normalized spacial score (nSPS) is 10.2. The van der Waals surface area contributed by atoms with Crippen molar-refractivity contribution in [2.24, 2.45) is 0 Å². The molecule has 0 atom stereocenters. The summed E-state index contributed by atoms with van der Waals surface area (Å²) in [5, 5.41) is 0. The second-order valence-corrected chi connectivity index (χ2v) is 4.47. The van der Waals surface area contributed by atoms with E-state index in [9.17, 15) is 4.79 Å². The molecule has 0 amide bonds. The maximum atomic E-state index is 11.3. The number of aromatic nitrogens is 1. The van der Waals surface area contributed by atoms with E-state index in [2.05, 4.69) is 16.8 Å². The van der Waals surface area contributed by atoms with Crippen molar-refractivity contribution in [1.82, 2.24) is 4.98 Å². The predicted octanol–water partition coefficient (Wildman–Crippen LogP) is 2.08. The minimum absolute atomic E-state index is 0.507. The van der Waals surface area contributed by atoms with E-state index in [1.165, 1.54) is 0 Å². The lowest BCUT2D eigenvalue weighted by Gasteiger charge is -2.16. The van der Waals surface area contributed by atoms with Crippen molar-refractivity contribution in [2.75, 3.05) is 0 Å². The van der Waals surface area contributed by atoms with Crippen LogP contribution in [-0.4, -0.2) is 16.6 Å². The molecule has 1 aromatic rings. The first-order valence-corrected chi connectivity index (χ1v) is 5.04. The molecule has 1 aromatic heterocycles. The van der Waals surface area contributed by atoms with Crippen molar-refractivity contribution >= 4 is 5.97 Å². The van der Waals surface area contributed by atoms with E-state index in [0.29, 0.717) is 5.69 Å². The largest absolute Gasteiger partial charge is 0.450 e. The Hall–Kier alpha value is -1.82. The zero-order chi connectivity index (χ0) is 12.2. The van der Waals surface area contributed by atoms with Gasteiger partial charge in [0, 0.05) is 12.1 Å². The highest BCUT2D eigenvalue weighted by Crippen LogP contribution is 2.06. The Balaban J connectivity index is 2.68. The van der Waals surface area contributed by atoms with Crippen molar-refractivity contribution in [3.05, 3.63) is 29.6 Å². The number of carbonyl (C=O) groups is 1. The topological polar surface area (TPSA) is 39.2 Å². The van der Waals surface area contributed by atoms with Gasteiger partial charge in [0.15, 0.2) is 0 Å². The summed E-state index contributed by atoms with van der Waals surface area (Å²) < 4.78 is 5.04. The fourth-order valence-electron chi connectivity index (χ4n) is 0.960. The minimum atomic E-state index is -0.533. The number of hydrogen-bond donors (Lipinski definition) is 0. The molecular formula is C13H15NO2. The summed E-state index contributed by atoms with van der Waals surface area (Å²) in [5.74, 6) is 4.53. The Kier molecular flexibility index (Phi) is 3.68. The molecule has 16 heavy (non-hydrogen) atoms. The van der Waals surface area contributed by atoms with Gasteiger partial charge in [-0.3, -0.25) is 0 Å². The summed E-state index contributed by atoms with van der Waals surface area (Å²) in [6.07, 6.45) is 1.71. The summed E-state index contributed by atoms with van der Waals surface area (Å²) in [6.45, 7) is 7.35. The second kappa shape index (κ2) is 4.80. The zero-order valence-electron chi connectivity index (χ0n) is 10.00. The quantitative estimate of drug-likeness (QED) is 0.493. The average molecular weight is 217 g/mol. The van der Waals surface area contributed by atoms with Crippen LogP contribution in [0.25, 0.3) is 0 Å². The maximum Gasteiger partial charge on any atom is 0.385 e. The van der Waals surface area contributed by atoms with Gasteiger partial charge in [0.1, 0.15) is 11.3 Å². The number of ether oxygens (including phenoxy) is 1. The van der Waals surface area contributed by atoms with Crippen molar-refractivity contribution in [2.45, 2.75) is 33.3 Å². The summed E-state index contributed by atoms with van der Waals surface area (Å²) in [4.78, 5) is 15.3. The van der Waals surface area contributed by atoms with E-state index >= 15 is 0 Å². The number of hydrogen-bond acceptors (Lipinski definition) is 3. The van der Waals surface area contributed by atoms with Crippen molar-refractivity contribution in [3.63, 3.8) is 0 Å². The molecule has 3 nitrogen and oxygen atoms in total. The summed E-state index contributed by atoms with van der Waals surface area (Å²) in [7, 11) is 0. The Labute approximate surface area is 95.8 Å². The lowest BCUT2D eigenvalue weighted by Crippen LogP contribution is -2.22. The van der Waals surface area contributed by atoms with E-state index in [4.69, 9.17) is 4.74 Å². The van der Waals surface area contributed by atoms with Gasteiger partial charge in [-0.05, 0) is 45.2 Å². The molecule has 0 aliphatic rings. The van der Waals surface area contributed by atoms with Gasteiger partial charge in [-0.1, -0.05) is 6.07 Å². The summed E-state index contributed by atoms with van der Waals surface area (Å²) in [5.41, 5.74) is 1.12. The van der Waals surface area contributed by atoms with E-state index in [1.54, 1.807) is 33.0 Å². The van der Waals surface area contributed by atoms with Crippen LogP contribution in [-0.2, 0) is 9.53 Å². The molecule has 3 heteroatoms. The summed E-state index contributed by atoms with van der Waals surface area (Å²) >= 11 is 0. The van der Waals surface area contributed by atoms with Crippen LogP contribution >= 0.6 is 0 Å². The third kappa shape index (κ3) is 4.61. The molecule has 0 bridgehead atoms. The molecule has 0 unspecified atom stereocenters. The highest BCUT2D eigenvalue weighted by molar-refractivity contribution is 5.89. The van der Waals surface area contributed by atoms with Crippen molar-refractivity contribution in [3.8, 4) is 11.8 Å². The second-order valence-electron chi connectivity index (χ2n) is 4.47. The third-order valence-electron chi connectivity index (χ3n) is 1.60. The molecule has 84 valence electrons. The van der Waals surface area contributed by atoms with Crippen LogP contribution in [0.4, 0.5) is 0 Å². The van der Waals surface area contributed by atoms with Gasteiger partial charge in [-0.15, -0.1) is 0 Å². The molecule has 0 aliphatic carbocycles. The predicted molar refractivity (Wildman–Crippen MR) is 61.7 cm³/mol. The van der Waals surface area contributed by atoms with E-state index in [1.807, 2.05) is 13.0 Å². The van der Waals surface area contributed by atoms with Crippen LogP contribution in [0.3, 0.4) is 0 Å². The Bertz CT molecular complexity index is 430. The third-order valence-corrected chi connectivity index (χ3v) is 1.60. The standard InChI is InChI=1S/C13H15NO2/c1-10-5-6-11(14-9-10)7-8-12(15)16-13(2,3)4/h5-6,9H,1-4H3. The van der Waals surface area contributed by atoms with Gasteiger partial charge in [0.25, 0.3) is 0 Å². The SMILES string of the molecule is Cc1ccc(C#CC(=O)OC(C)(C)C)nc1. The molecule has 0 aromatic carbocycles. The number of carbonyl (C=O) groups excluding carboxylic acids is 1. The first kappa shape index (κ1) is 12.3. The molecular weight excluding hydrogens is 202 g/mol. The smallest absolute Gasteiger partial charge is 0.385 e. The van der Waals surface area contributed by atoms with Crippen LogP contribution in [0, 0.1) is 18.8 Å². The monoisotopic (exact) mass is 217 g/mol. The molecule has 1 heterocycles. The molecule has 0 radical (unpaired) electrons. The first-order chi connectivity index (χ1) is 7.37. The highest BCUT2D eigenvalue weighted by atomic mass is 16.6. The average Bonchev–Trinajstić information content (AvgIpc) is 2.14. The number of pyridine rings is 1. The zero-order valence-corrected chi connectivity index (χ0v) is 10.00. The van der Waals surface area contributed by atoms with Crippen LogP contribution in [0.1, 0.15) is 32.0 Å². The van der Waals surface area contributed by atoms with Gasteiger partial charge in [0.2, 0.25) is 0 Å². The number of rotatable bonds is 0. The van der Waals surface area contributed by atoms with Crippen LogP contribution in [0.15, 0.2) is 18.3 Å². The molecule has 0 saturated carbocycles. The van der Waals surface area contributed by atoms with Gasteiger partial charge < -0.3 is 4.74 Å². The number of aryl methyl sites for hydroxylation is 1. The van der Waals surface area contributed by atoms with Gasteiger partial charge in [0.05, 0.1) is 0 Å². The number of esters is 1. The Morgan fingerprint density at radius 3 is 2.56 bits per heavy atom. The lowest BCUT2D eigenvalue weighted by molar-refractivity contribution is -0.147. The molecule has 1 rings (SSSR count). The highest BCUT2D eigenvalue weighted by Gasteiger charge is 2.14. The molecule has 0 fully saturated rings. The maximum absolute atomic E-state index is 11.3. The van der Waals surface area contributed by atoms with E-state index in [0.717, 1.165) is 5.56 Å². The van der Waals surface area contributed by atoms with Gasteiger partial charge >= 0.3 is 5.97 Å². The summed E-state index contributed by atoms with van der Waals surface area (Å²) in [6, 6.07) is 3.67.